The SMILES string of the molecule is CCOc1cc(SN)ccc1OC. The lowest BCUT2D eigenvalue weighted by atomic mass is 10.3. The Morgan fingerprint density at radius 1 is 1.38 bits per heavy atom. The van der Waals surface area contributed by atoms with Crippen molar-refractivity contribution in [1.29, 1.82) is 0 Å². The summed E-state index contributed by atoms with van der Waals surface area (Å²) < 4.78 is 10.5. The normalized spacial score (nSPS) is 9.77. The molecule has 13 heavy (non-hydrogen) atoms. The quantitative estimate of drug-likeness (QED) is 0.754. The number of nitrogens with two attached hydrogens (primary N) is 1. The van der Waals surface area contributed by atoms with Gasteiger partial charge in [-0.15, -0.1) is 0 Å². The van der Waals surface area contributed by atoms with Crippen molar-refractivity contribution < 1.29 is 9.47 Å². The van der Waals surface area contributed by atoms with Gasteiger partial charge in [-0.25, -0.2) is 0 Å². The lowest BCUT2D eigenvalue weighted by Gasteiger charge is -2.09. The highest BCUT2D eigenvalue weighted by Crippen LogP contribution is 2.30. The molecule has 72 valence electrons. The highest BCUT2D eigenvalue weighted by molar-refractivity contribution is 7.97. The average Bonchev–Trinajstić information content (AvgIpc) is 2.18. The van der Waals surface area contributed by atoms with Gasteiger partial charge in [0.2, 0.25) is 0 Å². The minimum atomic E-state index is 0.620. The predicted octanol–water partition coefficient (Wildman–Crippen LogP) is 2.06. The van der Waals surface area contributed by atoms with Crippen LogP contribution < -0.4 is 14.6 Å². The Bertz CT molecular complexity index is 278. The zero-order chi connectivity index (χ0) is 9.68. The molecule has 0 unspecified atom stereocenters. The van der Waals surface area contributed by atoms with Crippen LogP contribution in [0, 0.1) is 0 Å². The van der Waals surface area contributed by atoms with Crippen molar-refractivity contribution in [3.05, 3.63) is 18.2 Å². The van der Waals surface area contributed by atoms with Crippen LogP contribution in [0.5, 0.6) is 11.5 Å². The molecule has 0 spiro atoms. The van der Waals surface area contributed by atoms with Gasteiger partial charge in [0.15, 0.2) is 11.5 Å². The maximum atomic E-state index is 5.43. The summed E-state index contributed by atoms with van der Waals surface area (Å²) in [7, 11) is 1.62. The number of hydrogen-bond donors (Lipinski definition) is 1. The molecular formula is C9H13NO2S. The fraction of sp³-hybridized carbons (Fsp3) is 0.333. The third kappa shape index (κ3) is 2.54. The van der Waals surface area contributed by atoms with Gasteiger partial charge in [0.25, 0.3) is 0 Å². The maximum Gasteiger partial charge on any atom is 0.162 e. The molecule has 4 heteroatoms. The molecule has 2 N–H and O–H groups in total. The predicted molar refractivity (Wildman–Crippen MR) is 54.2 cm³/mol. The van der Waals surface area contributed by atoms with Gasteiger partial charge in [-0.2, -0.15) is 0 Å². The first-order chi connectivity index (χ1) is 6.31. The van der Waals surface area contributed by atoms with Crippen LogP contribution in [0.4, 0.5) is 0 Å². The summed E-state index contributed by atoms with van der Waals surface area (Å²) >= 11 is 1.19. The van der Waals surface area contributed by atoms with E-state index in [1.807, 2.05) is 25.1 Å². The first kappa shape index (κ1) is 10.2. The molecule has 0 aliphatic heterocycles. The summed E-state index contributed by atoms with van der Waals surface area (Å²) in [6, 6.07) is 5.61. The smallest absolute Gasteiger partial charge is 0.162 e. The molecule has 3 nitrogen and oxygen atoms in total. The van der Waals surface area contributed by atoms with E-state index in [2.05, 4.69) is 0 Å². The van der Waals surface area contributed by atoms with E-state index in [1.165, 1.54) is 11.9 Å². The molecule has 0 radical (unpaired) electrons. The van der Waals surface area contributed by atoms with E-state index in [9.17, 15) is 0 Å². The van der Waals surface area contributed by atoms with Crippen molar-refractivity contribution in [3.8, 4) is 11.5 Å². The van der Waals surface area contributed by atoms with Crippen molar-refractivity contribution in [1.82, 2.24) is 0 Å². The number of hydrogen-bond acceptors (Lipinski definition) is 4. The first-order valence-electron chi connectivity index (χ1n) is 3.99. The fourth-order valence-electron chi connectivity index (χ4n) is 0.999. The van der Waals surface area contributed by atoms with Crippen molar-refractivity contribution >= 4 is 11.9 Å². The molecule has 0 aromatic heterocycles. The number of methoxy groups -OCH3 is 1. The standard InChI is InChI=1S/C9H13NO2S/c1-3-12-9-6-7(13-10)4-5-8(9)11-2/h4-6H,3,10H2,1-2H3. The minimum absolute atomic E-state index is 0.620. The largest absolute Gasteiger partial charge is 0.493 e. The molecule has 0 saturated heterocycles. The van der Waals surface area contributed by atoms with E-state index >= 15 is 0 Å². The second kappa shape index (κ2) is 4.99. The van der Waals surface area contributed by atoms with E-state index in [4.69, 9.17) is 14.6 Å². The van der Waals surface area contributed by atoms with Crippen LogP contribution in [0.15, 0.2) is 23.1 Å². The Labute approximate surface area is 82.4 Å². The Balaban J connectivity index is 2.95. The number of benzene rings is 1. The van der Waals surface area contributed by atoms with E-state index in [1.54, 1.807) is 7.11 Å². The Kier molecular flexibility index (Phi) is 3.92. The van der Waals surface area contributed by atoms with Gasteiger partial charge < -0.3 is 9.47 Å². The van der Waals surface area contributed by atoms with E-state index in [0.29, 0.717) is 6.61 Å². The Morgan fingerprint density at radius 3 is 2.69 bits per heavy atom. The second-order valence-electron chi connectivity index (χ2n) is 2.36. The third-order valence-electron chi connectivity index (χ3n) is 1.57. The van der Waals surface area contributed by atoms with Gasteiger partial charge in [0.05, 0.1) is 13.7 Å². The second-order valence-corrected chi connectivity index (χ2v) is 3.07. The number of ether oxygens (including phenoxy) is 2. The molecule has 0 bridgehead atoms. The van der Waals surface area contributed by atoms with Gasteiger partial charge in [-0.3, -0.25) is 5.14 Å². The molecule has 0 heterocycles. The van der Waals surface area contributed by atoms with Crippen LogP contribution >= 0.6 is 11.9 Å². The van der Waals surface area contributed by atoms with Crippen molar-refractivity contribution in [2.75, 3.05) is 13.7 Å². The summed E-state index contributed by atoms with van der Waals surface area (Å²) in [5, 5.41) is 5.43. The Hall–Kier alpha value is -0.870. The van der Waals surface area contributed by atoms with Crippen LogP contribution in [0.25, 0.3) is 0 Å². The summed E-state index contributed by atoms with van der Waals surface area (Å²) in [6.07, 6.45) is 0. The monoisotopic (exact) mass is 199 g/mol. The molecule has 1 rings (SSSR count). The van der Waals surface area contributed by atoms with E-state index in [0.717, 1.165) is 16.4 Å². The van der Waals surface area contributed by atoms with Gasteiger partial charge >= 0.3 is 0 Å². The maximum absolute atomic E-state index is 5.43. The summed E-state index contributed by atoms with van der Waals surface area (Å²) in [5.41, 5.74) is 0. The summed E-state index contributed by atoms with van der Waals surface area (Å²) in [5.74, 6) is 1.47. The number of rotatable bonds is 4. The Morgan fingerprint density at radius 2 is 2.15 bits per heavy atom. The molecule has 0 atom stereocenters. The lowest BCUT2D eigenvalue weighted by Crippen LogP contribution is -1.95. The van der Waals surface area contributed by atoms with Gasteiger partial charge in [-0.1, -0.05) is 0 Å². The molecule has 0 saturated carbocycles. The zero-order valence-electron chi connectivity index (χ0n) is 7.74. The first-order valence-corrected chi connectivity index (χ1v) is 4.87. The molecule has 0 aliphatic rings. The van der Waals surface area contributed by atoms with Crippen LogP contribution in [-0.4, -0.2) is 13.7 Å². The average molecular weight is 199 g/mol. The van der Waals surface area contributed by atoms with Crippen molar-refractivity contribution in [2.45, 2.75) is 11.8 Å². The van der Waals surface area contributed by atoms with Crippen LogP contribution in [-0.2, 0) is 0 Å². The van der Waals surface area contributed by atoms with Gasteiger partial charge in [0.1, 0.15) is 0 Å². The molecule has 0 fully saturated rings. The van der Waals surface area contributed by atoms with Crippen LogP contribution in [0.1, 0.15) is 6.92 Å². The summed E-state index contributed by atoms with van der Waals surface area (Å²) in [4.78, 5) is 0.962. The molecular weight excluding hydrogens is 186 g/mol. The fourth-order valence-corrected chi connectivity index (χ4v) is 1.32. The lowest BCUT2D eigenvalue weighted by molar-refractivity contribution is 0.310. The van der Waals surface area contributed by atoms with E-state index < -0.39 is 0 Å². The molecule has 1 aromatic rings. The highest BCUT2D eigenvalue weighted by atomic mass is 32.2. The minimum Gasteiger partial charge on any atom is -0.493 e. The van der Waals surface area contributed by atoms with Crippen LogP contribution in [0.2, 0.25) is 0 Å². The highest BCUT2D eigenvalue weighted by Gasteiger charge is 2.04. The van der Waals surface area contributed by atoms with Gasteiger partial charge in [-0.05, 0) is 37.1 Å². The molecule has 1 aromatic carbocycles. The summed E-state index contributed by atoms with van der Waals surface area (Å²) in [6.45, 7) is 2.55. The van der Waals surface area contributed by atoms with Gasteiger partial charge in [0, 0.05) is 4.90 Å². The third-order valence-corrected chi connectivity index (χ3v) is 2.10. The van der Waals surface area contributed by atoms with Crippen molar-refractivity contribution in [2.24, 2.45) is 5.14 Å². The molecule has 0 amide bonds. The topological polar surface area (TPSA) is 44.5 Å². The van der Waals surface area contributed by atoms with E-state index in [-0.39, 0.29) is 0 Å². The van der Waals surface area contributed by atoms with Crippen LogP contribution in [0.3, 0.4) is 0 Å². The zero-order valence-corrected chi connectivity index (χ0v) is 8.56. The van der Waals surface area contributed by atoms with Crippen molar-refractivity contribution in [3.63, 3.8) is 0 Å². The molecule has 0 aliphatic carbocycles.